The number of aromatic carboxylic acids is 2. The Kier molecular flexibility index (Phi) is 3.50. The van der Waals surface area contributed by atoms with Crippen LogP contribution in [0.25, 0.3) is 0 Å². The van der Waals surface area contributed by atoms with Crippen LogP contribution in [0.4, 0.5) is 5.69 Å². The molecule has 0 aliphatic heterocycles. The summed E-state index contributed by atoms with van der Waals surface area (Å²) in [6.45, 7) is 3.69. The third kappa shape index (κ3) is 2.50. The van der Waals surface area contributed by atoms with E-state index >= 15 is 0 Å². The molecule has 1 aromatic rings. The van der Waals surface area contributed by atoms with Crippen molar-refractivity contribution in [3.05, 3.63) is 29.3 Å². The molecule has 0 saturated heterocycles. The normalized spacial score (nSPS) is 10.2. The van der Waals surface area contributed by atoms with Crippen molar-refractivity contribution in [1.29, 1.82) is 0 Å². The quantitative estimate of drug-likeness (QED) is 0.725. The summed E-state index contributed by atoms with van der Waals surface area (Å²) >= 11 is 0. The molecule has 0 aliphatic rings. The summed E-state index contributed by atoms with van der Waals surface area (Å²) in [6.07, 6.45) is 0. The summed E-state index contributed by atoms with van der Waals surface area (Å²) in [5.74, 6) is -2.49. The topological polar surface area (TPSA) is 86.6 Å². The van der Waals surface area contributed by atoms with E-state index in [4.69, 9.17) is 10.2 Å². The summed E-state index contributed by atoms with van der Waals surface area (Å²) < 4.78 is 0. The molecule has 16 heavy (non-hydrogen) atoms. The minimum absolute atomic E-state index is 0.0298. The van der Waals surface area contributed by atoms with Crippen molar-refractivity contribution in [2.24, 2.45) is 0 Å². The zero-order valence-electron chi connectivity index (χ0n) is 9.02. The summed E-state index contributed by atoms with van der Waals surface area (Å²) in [5.41, 5.74) is -0.0933. The molecule has 3 N–H and O–H groups in total. The molecule has 86 valence electrons. The molecule has 0 radical (unpaired) electrons. The SMILES string of the molecule is CC(C)Nc1cccc(C(=O)O)c1C(=O)O. The Hall–Kier alpha value is -2.04. The van der Waals surface area contributed by atoms with Gasteiger partial charge in [-0.05, 0) is 26.0 Å². The Morgan fingerprint density at radius 2 is 1.81 bits per heavy atom. The maximum Gasteiger partial charge on any atom is 0.338 e. The minimum Gasteiger partial charge on any atom is -0.478 e. The first-order chi connectivity index (χ1) is 7.43. The Morgan fingerprint density at radius 3 is 2.25 bits per heavy atom. The lowest BCUT2D eigenvalue weighted by molar-refractivity contribution is 0.0652. The lowest BCUT2D eigenvalue weighted by atomic mass is 10.0. The maximum absolute atomic E-state index is 11.0. The minimum atomic E-state index is -1.25. The van der Waals surface area contributed by atoms with E-state index in [1.54, 1.807) is 6.07 Å². The van der Waals surface area contributed by atoms with Crippen LogP contribution in [0.15, 0.2) is 18.2 Å². The number of nitrogens with one attached hydrogen (secondary N) is 1. The highest BCUT2D eigenvalue weighted by atomic mass is 16.4. The molecule has 0 aliphatic carbocycles. The number of hydrogen-bond donors (Lipinski definition) is 3. The van der Waals surface area contributed by atoms with E-state index in [1.165, 1.54) is 12.1 Å². The lowest BCUT2D eigenvalue weighted by Gasteiger charge is -2.13. The summed E-state index contributed by atoms with van der Waals surface area (Å²) in [4.78, 5) is 21.9. The zero-order chi connectivity index (χ0) is 12.3. The summed E-state index contributed by atoms with van der Waals surface area (Å²) in [7, 11) is 0. The first-order valence-corrected chi connectivity index (χ1v) is 4.79. The van der Waals surface area contributed by atoms with Crippen LogP contribution in [0.2, 0.25) is 0 Å². The van der Waals surface area contributed by atoms with Gasteiger partial charge in [0.1, 0.15) is 0 Å². The number of benzene rings is 1. The second-order valence-corrected chi connectivity index (χ2v) is 3.64. The fourth-order valence-electron chi connectivity index (χ4n) is 1.39. The number of anilines is 1. The van der Waals surface area contributed by atoms with Gasteiger partial charge >= 0.3 is 11.9 Å². The van der Waals surface area contributed by atoms with Crippen LogP contribution >= 0.6 is 0 Å². The van der Waals surface area contributed by atoms with Crippen molar-refractivity contribution in [3.8, 4) is 0 Å². The zero-order valence-corrected chi connectivity index (χ0v) is 9.02. The smallest absolute Gasteiger partial charge is 0.338 e. The van der Waals surface area contributed by atoms with Gasteiger partial charge in [-0.2, -0.15) is 0 Å². The fraction of sp³-hybridized carbons (Fsp3) is 0.273. The van der Waals surface area contributed by atoms with Gasteiger partial charge in [0.2, 0.25) is 0 Å². The van der Waals surface area contributed by atoms with Gasteiger partial charge in [-0.25, -0.2) is 9.59 Å². The number of carboxylic acid groups (broad SMARTS) is 2. The third-order valence-corrected chi connectivity index (χ3v) is 1.95. The second-order valence-electron chi connectivity index (χ2n) is 3.64. The van der Waals surface area contributed by atoms with E-state index in [0.717, 1.165) is 0 Å². The van der Waals surface area contributed by atoms with Gasteiger partial charge in [0, 0.05) is 11.7 Å². The molecule has 0 bridgehead atoms. The largest absolute Gasteiger partial charge is 0.478 e. The van der Waals surface area contributed by atoms with Gasteiger partial charge in [0.25, 0.3) is 0 Å². The third-order valence-electron chi connectivity index (χ3n) is 1.95. The van der Waals surface area contributed by atoms with Crippen LogP contribution in [0.5, 0.6) is 0 Å². The van der Waals surface area contributed by atoms with Crippen molar-refractivity contribution in [1.82, 2.24) is 0 Å². The van der Waals surface area contributed by atoms with Crippen molar-refractivity contribution in [2.45, 2.75) is 19.9 Å². The molecule has 0 aromatic heterocycles. The standard InChI is InChI=1S/C11H13NO4/c1-6(2)12-8-5-3-4-7(10(13)14)9(8)11(15)16/h3-6,12H,1-2H3,(H,13,14)(H,15,16). The molecule has 0 atom stereocenters. The van der Waals surface area contributed by atoms with Gasteiger partial charge in [-0.3, -0.25) is 0 Å². The highest BCUT2D eigenvalue weighted by Gasteiger charge is 2.19. The molecule has 1 aromatic carbocycles. The number of carboxylic acids is 2. The van der Waals surface area contributed by atoms with Gasteiger partial charge in [0.05, 0.1) is 11.1 Å². The number of hydrogen-bond acceptors (Lipinski definition) is 3. The van der Waals surface area contributed by atoms with E-state index in [-0.39, 0.29) is 17.2 Å². The predicted octanol–water partition coefficient (Wildman–Crippen LogP) is 1.90. The van der Waals surface area contributed by atoms with Gasteiger partial charge in [0.15, 0.2) is 0 Å². The van der Waals surface area contributed by atoms with Crippen LogP contribution in [0.1, 0.15) is 34.6 Å². The van der Waals surface area contributed by atoms with Gasteiger partial charge in [-0.1, -0.05) is 6.07 Å². The molecule has 0 fully saturated rings. The first kappa shape index (κ1) is 12.0. The average Bonchev–Trinajstić information content (AvgIpc) is 2.15. The fourth-order valence-corrected chi connectivity index (χ4v) is 1.39. The Morgan fingerprint density at radius 1 is 1.19 bits per heavy atom. The Balaban J connectivity index is 3.32. The molecule has 5 nitrogen and oxygen atoms in total. The molecular weight excluding hydrogens is 210 g/mol. The lowest BCUT2D eigenvalue weighted by Crippen LogP contribution is -2.16. The van der Waals surface area contributed by atoms with Crippen LogP contribution in [-0.2, 0) is 0 Å². The van der Waals surface area contributed by atoms with E-state index < -0.39 is 11.9 Å². The Labute approximate surface area is 92.7 Å². The number of rotatable bonds is 4. The second kappa shape index (κ2) is 4.65. The maximum atomic E-state index is 11.0. The van der Waals surface area contributed by atoms with Crippen molar-refractivity contribution in [3.63, 3.8) is 0 Å². The molecule has 0 amide bonds. The van der Waals surface area contributed by atoms with Crippen LogP contribution in [0, 0.1) is 0 Å². The number of carbonyl (C=O) groups is 2. The predicted molar refractivity (Wildman–Crippen MR) is 59.1 cm³/mol. The van der Waals surface area contributed by atoms with Crippen molar-refractivity contribution >= 4 is 17.6 Å². The summed E-state index contributed by atoms with van der Waals surface area (Å²) in [5, 5.41) is 20.8. The highest BCUT2D eigenvalue weighted by molar-refractivity contribution is 6.05. The van der Waals surface area contributed by atoms with Crippen LogP contribution < -0.4 is 5.32 Å². The first-order valence-electron chi connectivity index (χ1n) is 4.79. The van der Waals surface area contributed by atoms with Crippen molar-refractivity contribution in [2.75, 3.05) is 5.32 Å². The molecule has 0 saturated carbocycles. The van der Waals surface area contributed by atoms with Crippen LogP contribution in [0.3, 0.4) is 0 Å². The van der Waals surface area contributed by atoms with Gasteiger partial charge in [-0.15, -0.1) is 0 Å². The molecule has 0 spiro atoms. The van der Waals surface area contributed by atoms with Crippen LogP contribution in [-0.4, -0.2) is 28.2 Å². The van der Waals surface area contributed by atoms with E-state index in [9.17, 15) is 9.59 Å². The van der Waals surface area contributed by atoms with E-state index in [1.807, 2.05) is 13.8 Å². The van der Waals surface area contributed by atoms with E-state index in [2.05, 4.69) is 5.32 Å². The Bertz CT molecular complexity index is 426. The monoisotopic (exact) mass is 223 g/mol. The highest BCUT2D eigenvalue weighted by Crippen LogP contribution is 2.21. The van der Waals surface area contributed by atoms with Crippen molar-refractivity contribution < 1.29 is 19.8 Å². The average molecular weight is 223 g/mol. The van der Waals surface area contributed by atoms with E-state index in [0.29, 0.717) is 5.69 Å². The summed E-state index contributed by atoms with van der Waals surface area (Å²) in [6, 6.07) is 4.37. The van der Waals surface area contributed by atoms with Gasteiger partial charge < -0.3 is 15.5 Å². The molecule has 0 unspecified atom stereocenters. The molecule has 0 heterocycles. The molecule has 5 heteroatoms. The molecule has 1 rings (SSSR count). The molecular formula is C11H13NO4.